The average molecular weight is 222 g/mol. The van der Waals surface area contributed by atoms with Crippen LogP contribution in [0, 0.1) is 0 Å². The SMILES string of the molecule is C=CCC1=Cc2cccc3cccc(c23)C1O. The third-order valence-electron chi connectivity index (χ3n) is 3.34. The van der Waals surface area contributed by atoms with Gasteiger partial charge in [-0.3, -0.25) is 0 Å². The van der Waals surface area contributed by atoms with Crippen molar-refractivity contribution in [1.29, 1.82) is 0 Å². The number of aliphatic hydroxyl groups excluding tert-OH is 1. The van der Waals surface area contributed by atoms with Crippen LogP contribution in [0.1, 0.15) is 23.7 Å². The van der Waals surface area contributed by atoms with Gasteiger partial charge in [-0.1, -0.05) is 48.6 Å². The van der Waals surface area contributed by atoms with E-state index >= 15 is 0 Å². The molecule has 1 aliphatic carbocycles. The van der Waals surface area contributed by atoms with E-state index in [4.69, 9.17) is 0 Å². The van der Waals surface area contributed by atoms with Gasteiger partial charge in [0.05, 0.1) is 0 Å². The lowest BCUT2D eigenvalue weighted by molar-refractivity contribution is 0.215. The molecule has 1 atom stereocenters. The molecule has 0 aliphatic heterocycles. The first kappa shape index (κ1) is 10.3. The predicted molar refractivity (Wildman–Crippen MR) is 71.7 cm³/mol. The molecule has 1 nitrogen and oxygen atoms in total. The van der Waals surface area contributed by atoms with Crippen LogP contribution in [0.5, 0.6) is 0 Å². The molecule has 1 heteroatoms. The van der Waals surface area contributed by atoms with Gasteiger partial charge in [0, 0.05) is 0 Å². The zero-order chi connectivity index (χ0) is 11.8. The second kappa shape index (κ2) is 3.86. The lowest BCUT2D eigenvalue weighted by Gasteiger charge is -2.22. The van der Waals surface area contributed by atoms with Crippen LogP contribution in [0.15, 0.2) is 54.6 Å². The summed E-state index contributed by atoms with van der Waals surface area (Å²) >= 11 is 0. The van der Waals surface area contributed by atoms with Crippen LogP contribution >= 0.6 is 0 Å². The van der Waals surface area contributed by atoms with E-state index in [0.717, 1.165) is 17.6 Å². The van der Waals surface area contributed by atoms with Crippen LogP contribution in [-0.4, -0.2) is 5.11 Å². The molecule has 1 unspecified atom stereocenters. The van der Waals surface area contributed by atoms with E-state index in [9.17, 15) is 5.11 Å². The van der Waals surface area contributed by atoms with Crippen LogP contribution in [0.25, 0.3) is 16.8 Å². The molecule has 0 radical (unpaired) electrons. The highest BCUT2D eigenvalue weighted by Crippen LogP contribution is 2.38. The van der Waals surface area contributed by atoms with Crippen LogP contribution in [0.3, 0.4) is 0 Å². The Bertz CT molecular complexity index is 617. The first-order valence-corrected chi connectivity index (χ1v) is 5.82. The van der Waals surface area contributed by atoms with E-state index in [0.29, 0.717) is 0 Å². The van der Waals surface area contributed by atoms with Gasteiger partial charge in [-0.15, -0.1) is 6.58 Å². The molecule has 17 heavy (non-hydrogen) atoms. The van der Waals surface area contributed by atoms with Gasteiger partial charge in [0.1, 0.15) is 6.10 Å². The number of rotatable bonds is 2. The van der Waals surface area contributed by atoms with Crippen molar-refractivity contribution in [3.05, 3.63) is 65.8 Å². The van der Waals surface area contributed by atoms with Crippen LogP contribution in [0.2, 0.25) is 0 Å². The molecule has 84 valence electrons. The molecule has 0 spiro atoms. The summed E-state index contributed by atoms with van der Waals surface area (Å²) in [5.74, 6) is 0. The quantitative estimate of drug-likeness (QED) is 0.765. The maximum atomic E-state index is 10.3. The topological polar surface area (TPSA) is 20.2 Å². The summed E-state index contributed by atoms with van der Waals surface area (Å²) in [5.41, 5.74) is 3.23. The van der Waals surface area contributed by atoms with E-state index < -0.39 is 6.10 Å². The molecule has 0 fully saturated rings. The first-order chi connectivity index (χ1) is 8.31. The minimum absolute atomic E-state index is 0.494. The maximum Gasteiger partial charge on any atom is 0.101 e. The van der Waals surface area contributed by atoms with E-state index in [2.05, 4.69) is 36.9 Å². The number of hydrogen-bond donors (Lipinski definition) is 1. The molecule has 2 aromatic carbocycles. The van der Waals surface area contributed by atoms with Gasteiger partial charge in [-0.05, 0) is 33.9 Å². The molecule has 3 rings (SSSR count). The zero-order valence-electron chi connectivity index (χ0n) is 9.56. The summed E-state index contributed by atoms with van der Waals surface area (Å²) in [4.78, 5) is 0. The number of hydrogen-bond acceptors (Lipinski definition) is 1. The Labute approximate surface area is 101 Å². The molecule has 1 aliphatic rings. The summed E-state index contributed by atoms with van der Waals surface area (Å²) in [6.07, 6.45) is 4.16. The Kier molecular flexibility index (Phi) is 2.34. The minimum Gasteiger partial charge on any atom is -0.384 e. The van der Waals surface area contributed by atoms with Gasteiger partial charge >= 0.3 is 0 Å². The van der Waals surface area contributed by atoms with Crippen molar-refractivity contribution in [2.24, 2.45) is 0 Å². The van der Waals surface area contributed by atoms with E-state index in [1.54, 1.807) is 0 Å². The summed E-state index contributed by atoms with van der Waals surface area (Å²) in [6, 6.07) is 12.3. The highest BCUT2D eigenvalue weighted by atomic mass is 16.3. The second-order valence-corrected chi connectivity index (χ2v) is 4.41. The Morgan fingerprint density at radius 2 is 1.94 bits per heavy atom. The normalized spacial score (nSPS) is 17.9. The fourth-order valence-electron chi connectivity index (χ4n) is 2.56. The highest BCUT2D eigenvalue weighted by molar-refractivity contribution is 5.96. The largest absolute Gasteiger partial charge is 0.384 e. The third-order valence-corrected chi connectivity index (χ3v) is 3.34. The molecule has 0 amide bonds. The third kappa shape index (κ3) is 1.51. The van der Waals surface area contributed by atoms with Crippen molar-refractivity contribution in [1.82, 2.24) is 0 Å². The first-order valence-electron chi connectivity index (χ1n) is 5.82. The predicted octanol–water partition coefficient (Wildman–Crippen LogP) is 3.85. The van der Waals surface area contributed by atoms with Crippen molar-refractivity contribution in [3.63, 3.8) is 0 Å². The Morgan fingerprint density at radius 3 is 2.71 bits per heavy atom. The van der Waals surface area contributed by atoms with Crippen molar-refractivity contribution in [2.45, 2.75) is 12.5 Å². The van der Waals surface area contributed by atoms with Crippen LogP contribution in [0.4, 0.5) is 0 Å². The van der Waals surface area contributed by atoms with Gasteiger partial charge in [-0.2, -0.15) is 0 Å². The molecule has 2 aromatic rings. The molecule has 0 saturated carbocycles. The van der Waals surface area contributed by atoms with E-state index in [-0.39, 0.29) is 0 Å². The van der Waals surface area contributed by atoms with E-state index in [1.165, 1.54) is 16.3 Å². The zero-order valence-corrected chi connectivity index (χ0v) is 9.56. The molecular weight excluding hydrogens is 208 g/mol. The van der Waals surface area contributed by atoms with Crippen molar-refractivity contribution in [2.75, 3.05) is 0 Å². The fraction of sp³-hybridized carbons (Fsp3) is 0.125. The monoisotopic (exact) mass is 222 g/mol. The average Bonchev–Trinajstić information content (AvgIpc) is 2.36. The van der Waals surface area contributed by atoms with Gasteiger partial charge in [0.15, 0.2) is 0 Å². The van der Waals surface area contributed by atoms with Crippen LogP contribution < -0.4 is 0 Å². The summed E-state index contributed by atoms with van der Waals surface area (Å²) in [6.45, 7) is 3.74. The number of benzene rings is 2. The summed E-state index contributed by atoms with van der Waals surface area (Å²) < 4.78 is 0. The minimum atomic E-state index is -0.494. The van der Waals surface area contributed by atoms with Gasteiger partial charge < -0.3 is 5.11 Å². The van der Waals surface area contributed by atoms with E-state index in [1.807, 2.05) is 18.2 Å². The second-order valence-electron chi connectivity index (χ2n) is 4.41. The van der Waals surface area contributed by atoms with Crippen molar-refractivity contribution in [3.8, 4) is 0 Å². The van der Waals surface area contributed by atoms with Crippen LogP contribution in [-0.2, 0) is 0 Å². The Balaban J connectivity index is 2.32. The molecule has 0 bridgehead atoms. The molecule has 0 saturated heterocycles. The van der Waals surface area contributed by atoms with Gasteiger partial charge in [-0.25, -0.2) is 0 Å². The molecule has 1 N–H and O–H groups in total. The molecule has 0 aromatic heterocycles. The lowest BCUT2D eigenvalue weighted by Crippen LogP contribution is -2.06. The van der Waals surface area contributed by atoms with Crippen molar-refractivity contribution < 1.29 is 5.11 Å². The number of aliphatic hydroxyl groups is 1. The molecular formula is C16H14O. The standard InChI is InChI=1S/C16H14O/c1-2-5-13-10-12-8-3-6-11-7-4-9-14(15(11)12)16(13)17/h2-4,6-10,16-17H,1,5H2. The number of allylic oxidation sites excluding steroid dienone is 1. The fourth-order valence-corrected chi connectivity index (χ4v) is 2.56. The molecule has 0 heterocycles. The summed E-state index contributed by atoms with van der Waals surface area (Å²) in [7, 11) is 0. The van der Waals surface area contributed by atoms with Gasteiger partial charge in [0.25, 0.3) is 0 Å². The Morgan fingerprint density at radius 1 is 1.18 bits per heavy atom. The van der Waals surface area contributed by atoms with Crippen molar-refractivity contribution >= 4 is 16.8 Å². The highest BCUT2D eigenvalue weighted by Gasteiger charge is 2.20. The summed E-state index contributed by atoms with van der Waals surface area (Å²) in [5, 5.41) is 12.7. The smallest absolute Gasteiger partial charge is 0.101 e. The Hall–Kier alpha value is -1.86. The lowest BCUT2D eigenvalue weighted by atomic mass is 9.86. The van der Waals surface area contributed by atoms with Gasteiger partial charge in [0.2, 0.25) is 0 Å². The maximum absolute atomic E-state index is 10.3.